The van der Waals surface area contributed by atoms with Crippen molar-refractivity contribution in [2.24, 2.45) is 0 Å². The third-order valence-corrected chi connectivity index (χ3v) is 1.32. The highest BCUT2D eigenvalue weighted by Gasteiger charge is 2.22. The van der Waals surface area contributed by atoms with Crippen LogP contribution in [0.2, 0.25) is 0 Å². The lowest BCUT2D eigenvalue weighted by Gasteiger charge is -2.11. The molecule has 0 aliphatic rings. The van der Waals surface area contributed by atoms with E-state index < -0.39 is 18.3 Å². The maximum atomic E-state index is 12.8. The molecule has 0 fully saturated rings. The maximum Gasteiger partial charge on any atom is 0.278 e. The lowest BCUT2D eigenvalue weighted by molar-refractivity contribution is -0.0239. The number of alkyl halides is 2. The molecular formula is C9H9F3O. The maximum absolute atomic E-state index is 12.8. The van der Waals surface area contributed by atoms with Crippen LogP contribution in [-0.2, 0) is 0 Å². The van der Waals surface area contributed by atoms with Crippen LogP contribution < -0.4 is 4.74 Å². The van der Waals surface area contributed by atoms with Gasteiger partial charge in [-0.25, -0.2) is 13.2 Å². The Morgan fingerprint density at radius 3 is 2.46 bits per heavy atom. The Morgan fingerprint density at radius 1 is 1.31 bits per heavy atom. The van der Waals surface area contributed by atoms with Crippen molar-refractivity contribution >= 4 is 0 Å². The topological polar surface area (TPSA) is 9.23 Å². The van der Waals surface area contributed by atoms with Gasteiger partial charge in [-0.15, -0.1) is 0 Å². The van der Waals surface area contributed by atoms with Crippen molar-refractivity contribution in [3.63, 3.8) is 0 Å². The van der Waals surface area contributed by atoms with Crippen molar-refractivity contribution in [3.8, 4) is 5.75 Å². The van der Waals surface area contributed by atoms with Gasteiger partial charge in [-0.1, -0.05) is 12.1 Å². The summed E-state index contributed by atoms with van der Waals surface area (Å²) >= 11 is 0. The lowest BCUT2D eigenvalue weighted by Crippen LogP contribution is -2.21. The predicted octanol–water partition coefficient (Wildman–Crippen LogP) is 2.86. The molecule has 0 amide bonds. The van der Waals surface area contributed by atoms with Crippen LogP contribution in [0, 0.1) is 5.82 Å². The minimum atomic E-state index is -2.94. The summed E-state index contributed by atoms with van der Waals surface area (Å²) in [5.41, 5.74) is 0. The van der Waals surface area contributed by atoms with Crippen molar-refractivity contribution in [2.75, 3.05) is 6.61 Å². The number of hydrogen-bond acceptors (Lipinski definition) is 1. The number of para-hydroxylation sites is 1. The van der Waals surface area contributed by atoms with Crippen molar-refractivity contribution in [1.29, 1.82) is 0 Å². The first-order chi connectivity index (χ1) is 5.99. The fraction of sp³-hybridized carbons (Fsp3) is 0.333. The summed E-state index contributed by atoms with van der Waals surface area (Å²) < 4.78 is 42.0. The Balaban J connectivity index is 2.60. The molecule has 0 heterocycles. The van der Waals surface area contributed by atoms with Gasteiger partial charge in [0.1, 0.15) is 0 Å². The Bertz CT molecular complexity index is 280. The van der Waals surface area contributed by atoms with E-state index in [0.29, 0.717) is 6.92 Å². The van der Waals surface area contributed by atoms with Crippen molar-refractivity contribution in [2.45, 2.75) is 12.8 Å². The molecule has 0 radical (unpaired) electrons. The zero-order valence-corrected chi connectivity index (χ0v) is 7.06. The zero-order valence-electron chi connectivity index (χ0n) is 7.06. The van der Waals surface area contributed by atoms with Crippen LogP contribution in [0.15, 0.2) is 24.3 Å². The van der Waals surface area contributed by atoms with E-state index in [1.807, 2.05) is 0 Å². The average molecular weight is 190 g/mol. The van der Waals surface area contributed by atoms with Gasteiger partial charge in [-0.05, 0) is 12.1 Å². The summed E-state index contributed by atoms with van der Waals surface area (Å²) in [5.74, 6) is -3.72. The molecule has 72 valence electrons. The SMILES string of the molecule is CC(F)(F)COc1ccccc1F. The molecule has 1 nitrogen and oxygen atoms in total. The van der Waals surface area contributed by atoms with E-state index in [1.165, 1.54) is 18.2 Å². The van der Waals surface area contributed by atoms with Crippen LogP contribution in [0.4, 0.5) is 13.2 Å². The first-order valence-electron chi connectivity index (χ1n) is 3.74. The largest absolute Gasteiger partial charge is 0.484 e. The van der Waals surface area contributed by atoms with Crippen LogP contribution in [-0.4, -0.2) is 12.5 Å². The second-order valence-electron chi connectivity index (χ2n) is 2.79. The third kappa shape index (κ3) is 3.36. The molecule has 0 spiro atoms. The first-order valence-corrected chi connectivity index (χ1v) is 3.74. The Morgan fingerprint density at radius 2 is 1.92 bits per heavy atom. The van der Waals surface area contributed by atoms with Crippen LogP contribution in [0.1, 0.15) is 6.92 Å². The number of ether oxygens (including phenoxy) is 1. The van der Waals surface area contributed by atoms with Gasteiger partial charge in [-0.3, -0.25) is 0 Å². The molecule has 4 heteroatoms. The van der Waals surface area contributed by atoms with E-state index in [-0.39, 0.29) is 5.75 Å². The van der Waals surface area contributed by atoms with E-state index in [1.54, 1.807) is 0 Å². The van der Waals surface area contributed by atoms with Gasteiger partial charge < -0.3 is 4.74 Å². The predicted molar refractivity (Wildman–Crippen MR) is 42.5 cm³/mol. The summed E-state index contributed by atoms with van der Waals surface area (Å²) in [5, 5.41) is 0. The fourth-order valence-electron chi connectivity index (χ4n) is 0.766. The van der Waals surface area contributed by atoms with E-state index in [9.17, 15) is 13.2 Å². The highest BCUT2D eigenvalue weighted by molar-refractivity contribution is 5.23. The van der Waals surface area contributed by atoms with Gasteiger partial charge in [-0.2, -0.15) is 0 Å². The van der Waals surface area contributed by atoms with Crippen LogP contribution in [0.25, 0.3) is 0 Å². The minimum absolute atomic E-state index is 0.149. The molecule has 0 aliphatic heterocycles. The number of halogens is 3. The third-order valence-electron chi connectivity index (χ3n) is 1.32. The highest BCUT2D eigenvalue weighted by atomic mass is 19.3. The summed E-state index contributed by atoms with van der Waals surface area (Å²) in [6.45, 7) is -0.0955. The zero-order chi connectivity index (χ0) is 9.90. The highest BCUT2D eigenvalue weighted by Crippen LogP contribution is 2.19. The number of hydrogen-bond donors (Lipinski definition) is 0. The fourth-order valence-corrected chi connectivity index (χ4v) is 0.766. The quantitative estimate of drug-likeness (QED) is 0.712. The number of rotatable bonds is 3. The van der Waals surface area contributed by atoms with E-state index >= 15 is 0 Å². The molecule has 1 aromatic carbocycles. The van der Waals surface area contributed by atoms with Gasteiger partial charge in [0.05, 0.1) is 0 Å². The van der Waals surface area contributed by atoms with Gasteiger partial charge in [0, 0.05) is 6.92 Å². The van der Waals surface area contributed by atoms with Crippen molar-refractivity contribution in [1.82, 2.24) is 0 Å². The first kappa shape index (κ1) is 9.89. The Kier molecular flexibility index (Phi) is 2.80. The molecule has 0 aromatic heterocycles. The summed E-state index contributed by atoms with van der Waals surface area (Å²) in [6.07, 6.45) is 0. The molecule has 0 aliphatic carbocycles. The van der Waals surface area contributed by atoms with Gasteiger partial charge in [0.25, 0.3) is 5.92 Å². The second kappa shape index (κ2) is 3.68. The Labute approximate surface area is 74.1 Å². The lowest BCUT2D eigenvalue weighted by atomic mass is 10.3. The van der Waals surface area contributed by atoms with E-state index in [4.69, 9.17) is 0 Å². The summed E-state index contributed by atoms with van der Waals surface area (Å²) in [4.78, 5) is 0. The van der Waals surface area contributed by atoms with Crippen LogP contribution >= 0.6 is 0 Å². The van der Waals surface area contributed by atoms with Crippen LogP contribution in [0.3, 0.4) is 0 Å². The van der Waals surface area contributed by atoms with Gasteiger partial charge >= 0.3 is 0 Å². The average Bonchev–Trinajstić information content (AvgIpc) is 2.01. The molecule has 1 rings (SSSR count). The van der Waals surface area contributed by atoms with Gasteiger partial charge in [0.2, 0.25) is 0 Å². The molecular weight excluding hydrogens is 181 g/mol. The minimum Gasteiger partial charge on any atom is -0.484 e. The summed E-state index contributed by atoms with van der Waals surface area (Å²) in [6, 6.07) is 5.45. The summed E-state index contributed by atoms with van der Waals surface area (Å²) in [7, 11) is 0. The number of benzene rings is 1. The molecule has 0 saturated heterocycles. The standard InChI is InChI=1S/C9H9F3O/c1-9(11,12)6-13-8-5-3-2-4-7(8)10/h2-5H,6H2,1H3. The molecule has 0 saturated carbocycles. The molecule has 0 atom stereocenters. The Hall–Kier alpha value is -1.19. The molecule has 13 heavy (non-hydrogen) atoms. The molecule has 0 N–H and O–H groups in total. The second-order valence-corrected chi connectivity index (χ2v) is 2.79. The molecule has 1 aromatic rings. The normalized spacial score (nSPS) is 11.4. The van der Waals surface area contributed by atoms with E-state index in [0.717, 1.165) is 6.07 Å². The smallest absolute Gasteiger partial charge is 0.278 e. The van der Waals surface area contributed by atoms with Crippen molar-refractivity contribution in [3.05, 3.63) is 30.1 Å². The van der Waals surface area contributed by atoms with Crippen LogP contribution in [0.5, 0.6) is 5.75 Å². The van der Waals surface area contributed by atoms with Gasteiger partial charge in [0.15, 0.2) is 18.2 Å². The molecule has 0 unspecified atom stereocenters. The van der Waals surface area contributed by atoms with Crippen molar-refractivity contribution < 1.29 is 17.9 Å². The van der Waals surface area contributed by atoms with E-state index in [2.05, 4.69) is 4.74 Å². The monoisotopic (exact) mass is 190 g/mol. The molecule has 0 bridgehead atoms.